The fraction of sp³-hybridized carbons (Fsp3) is 0.161. The van der Waals surface area contributed by atoms with Crippen LogP contribution in [-0.4, -0.2) is 30.5 Å². The number of hydrogen-bond donors (Lipinski definition) is 2. The van der Waals surface area contributed by atoms with Gasteiger partial charge in [-0.15, -0.1) is 0 Å². The molecular formula is C31H29ClFN3O3Si. The number of nitrogens with zero attached hydrogens (tertiary/aromatic N) is 2. The molecule has 0 saturated carbocycles. The number of halogens is 2. The van der Waals surface area contributed by atoms with Crippen molar-refractivity contribution in [2.75, 3.05) is 12.4 Å². The SMILES string of the molecule is COc1cc2cnc(Nc3cc(O[Si](c4ccccc4)(c4ccccc4)C(C)(C)C)c(Cl)cc3F)nc2cc1O. The van der Waals surface area contributed by atoms with Crippen molar-refractivity contribution in [2.24, 2.45) is 0 Å². The van der Waals surface area contributed by atoms with Crippen LogP contribution in [0.3, 0.4) is 0 Å². The second-order valence-electron chi connectivity index (χ2n) is 10.4. The van der Waals surface area contributed by atoms with Gasteiger partial charge in [0, 0.05) is 23.7 Å². The van der Waals surface area contributed by atoms with Crippen LogP contribution in [0.2, 0.25) is 10.1 Å². The second-order valence-corrected chi connectivity index (χ2v) is 15.1. The second kappa shape index (κ2) is 10.8. The van der Waals surface area contributed by atoms with Gasteiger partial charge in [0.25, 0.3) is 0 Å². The Bertz CT molecular complexity index is 1620. The molecule has 4 aromatic carbocycles. The third-order valence-electron chi connectivity index (χ3n) is 6.83. The summed E-state index contributed by atoms with van der Waals surface area (Å²) in [5.74, 6) is 0.169. The lowest BCUT2D eigenvalue weighted by molar-refractivity contribution is 0.374. The Morgan fingerprint density at radius 1 is 0.900 bits per heavy atom. The standard InChI is InChI=1S/C31H29ClFN3O3Si/c1-31(2,3)40(21-11-7-5-8-12-21,22-13-9-6-10-14-22)39-28-18-26(24(33)16-23(28)32)36-30-34-19-20-15-29(38-4)27(37)17-25(20)35-30/h5-19,37H,1-4H3,(H,34,35,36). The van der Waals surface area contributed by atoms with Gasteiger partial charge < -0.3 is 19.6 Å². The predicted octanol–water partition coefficient (Wildman–Crippen LogP) is 6.82. The van der Waals surface area contributed by atoms with E-state index in [1.807, 2.05) is 36.4 Å². The van der Waals surface area contributed by atoms with E-state index in [1.165, 1.54) is 19.2 Å². The lowest BCUT2D eigenvalue weighted by atomic mass is 10.2. The van der Waals surface area contributed by atoms with E-state index in [1.54, 1.807) is 18.3 Å². The average Bonchev–Trinajstić information content (AvgIpc) is 2.93. The molecular weight excluding hydrogens is 545 g/mol. The lowest BCUT2D eigenvalue weighted by Crippen LogP contribution is -2.68. The summed E-state index contributed by atoms with van der Waals surface area (Å²) < 4.78 is 27.4. The molecule has 0 aliphatic carbocycles. The van der Waals surface area contributed by atoms with Gasteiger partial charge >= 0.3 is 8.32 Å². The molecule has 6 nitrogen and oxygen atoms in total. The van der Waals surface area contributed by atoms with Crippen molar-refractivity contribution in [3.8, 4) is 17.2 Å². The Hall–Kier alpha value is -4.14. The molecule has 5 rings (SSSR count). The number of phenols is 1. The van der Waals surface area contributed by atoms with Gasteiger partial charge in [-0.1, -0.05) is 93.0 Å². The van der Waals surface area contributed by atoms with E-state index in [0.29, 0.717) is 22.4 Å². The van der Waals surface area contributed by atoms with Crippen LogP contribution in [0, 0.1) is 5.82 Å². The van der Waals surface area contributed by atoms with E-state index in [2.05, 4.69) is 60.3 Å². The number of nitrogens with one attached hydrogen (secondary N) is 1. The predicted molar refractivity (Wildman–Crippen MR) is 161 cm³/mol. The van der Waals surface area contributed by atoms with Crippen LogP contribution < -0.4 is 24.9 Å². The summed E-state index contributed by atoms with van der Waals surface area (Å²) in [5.41, 5.74) is 0.573. The molecule has 9 heteroatoms. The lowest BCUT2D eigenvalue weighted by Gasteiger charge is -2.43. The molecule has 0 aliphatic rings. The van der Waals surface area contributed by atoms with Crippen molar-refractivity contribution < 1.29 is 18.7 Å². The maximum atomic E-state index is 15.2. The van der Waals surface area contributed by atoms with E-state index >= 15 is 4.39 Å². The highest BCUT2D eigenvalue weighted by molar-refractivity contribution is 7.00. The van der Waals surface area contributed by atoms with Crippen LogP contribution in [0.4, 0.5) is 16.0 Å². The molecule has 1 aromatic heterocycles. The van der Waals surface area contributed by atoms with Crippen LogP contribution in [0.15, 0.2) is 91.1 Å². The summed E-state index contributed by atoms with van der Waals surface area (Å²) >= 11 is 6.62. The number of phenolic OH excluding ortho intramolecular Hbond substituents is 1. The van der Waals surface area contributed by atoms with Gasteiger partial charge in [0.1, 0.15) is 11.6 Å². The molecule has 0 saturated heterocycles. The summed E-state index contributed by atoms with van der Waals surface area (Å²) in [6.45, 7) is 6.47. The first kappa shape index (κ1) is 27.4. The molecule has 2 N–H and O–H groups in total. The van der Waals surface area contributed by atoms with Gasteiger partial charge in [-0.3, -0.25) is 0 Å². The first-order valence-corrected chi connectivity index (χ1v) is 15.0. The number of benzene rings is 4. The van der Waals surface area contributed by atoms with Crippen LogP contribution in [-0.2, 0) is 0 Å². The molecule has 0 unspecified atom stereocenters. The normalized spacial score (nSPS) is 11.8. The van der Waals surface area contributed by atoms with Crippen molar-refractivity contribution in [1.29, 1.82) is 0 Å². The van der Waals surface area contributed by atoms with Gasteiger partial charge in [-0.2, -0.15) is 0 Å². The van der Waals surface area contributed by atoms with Crippen molar-refractivity contribution >= 4 is 52.8 Å². The minimum atomic E-state index is -3.01. The Morgan fingerprint density at radius 3 is 2.10 bits per heavy atom. The molecule has 0 spiro atoms. The number of aromatic hydroxyl groups is 1. The van der Waals surface area contributed by atoms with Gasteiger partial charge in [-0.05, 0) is 27.5 Å². The first-order chi connectivity index (χ1) is 19.1. The maximum Gasteiger partial charge on any atom is 0.320 e. The van der Waals surface area contributed by atoms with Gasteiger partial charge in [-0.25, -0.2) is 14.4 Å². The van der Waals surface area contributed by atoms with Crippen LogP contribution in [0.25, 0.3) is 10.9 Å². The summed E-state index contributed by atoms with van der Waals surface area (Å²) in [6, 6.07) is 26.1. The molecule has 0 bridgehead atoms. The highest BCUT2D eigenvalue weighted by atomic mass is 35.5. The average molecular weight is 574 g/mol. The maximum absolute atomic E-state index is 15.2. The Kier molecular flexibility index (Phi) is 7.40. The zero-order valence-electron chi connectivity index (χ0n) is 22.6. The zero-order chi connectivity index (χ0) is 28.5. The fourth-order valence-electron chi connectivity index (χ4n) is 4.91. The minimum Gasteiger partial charge on any atom is -0.533 e. The largest absolute Gasteiger partial charge is 0.533 e. The molecule has 0 radical (unpaired) electrons. The number of aromatic nitrogens is 2. The van der Waals surface area contributed by atoms with Crippen LogP contribution in [0.1, 0.15) is 20.8 Å². The topological polar surface area (TPSA) is 76.5 Å². The number of anilines is 2. The molecule has 40 heavy (non-hydrogen) atoms. The van der Waals surface area contributed by atoms with Gasteiger partial charge in [0.2, 0.25) is 5.95 Å². The Balaban J connectivity index is 1.59. The summed E-state index contributed by atoms with van der Waals surface area (Å²) in [7, 11) is -1.55. The molecule has 5 aromatic rings. The quantitative estimate of drug-likeness (QED) is 0.208. The number of ether oxygens (including phenoxy) is 1. The van der Waals surface area contributed by atoms with Crippen molar-refractivity contribution in [3.63, 3.8) is 0 Å². The fourth-order valence-corrected chi connectivity index (χ4v) is 9.59. The monoisotopic (exact) mass is 573 g/mol. The first-order valence-electron chi connectivity index (χ1n) is 12.7. The van der Waals surface area contributed by atoms with E-state index in [4.69, 9.17) is 20.8 Å². The molecule has 0 fully saturated rings. The van der Waals surface area contributed by atoms with Crippen molar-refractivity contribution in [2.45, 2.75) is 25.8 Å². The third kappa shape index (κ3) is 5.08. The molecule has 0 amide bonds. The molecule has 1 heterocycles. The molecule has 0 atom stereocenters. The van der Waals surface area contributed by atoms with Crippen LogP contribution in [0.5, 0.6) is 17.2 Å². The van der Waals surface area contributed by atoms with E-state index in [0.717, 1.165) is 10.4 Å². The zero-order valence-corrected chi connectivity index (χ0v) is 24.3. The van der Waals surface area contributed by atoms with E-state index < -0.39 is 14.1 Å². The summed E-state index contributed by atoms with van der Waals surface area (Å²) in [6.07, 6.45) is 1.57. The number of methoxy groups -OCH3 is 1. The van der Waals surface area contributed by atoms with E-state index in [9.17, 15) is 5.11 Å². The van der Waals surface area contributed by atoms with Gasteiger partial charge in [0.15, 0.2) is 11.5 Å². The van der Waals surface area contributed by atoms with Crippen molar-refractivity contribution in [3.05, 3.63) is 102 Å². The number of fused-ring (bicyclic) bond motifs is 1. The van der Waals surface area contributed by atoms with E-state index in [-0.39, 0.29) is 27.4 Å². The van der Waals surface area contributed by atoms with Crippen LogP contribution >= 0.6 is 11.6 Å². The summed E-state index contributed by atoms with van der Waals surface area (Å²) in [4.78, 5) is 8.76. The highest BCUT2D eigenvalue weighted by Gasteiger charge is 2.52. The van der Waals surface area contributed by atoms with Gasteiger partial charge in [0.05, 0.1) is 23.3 Å². The molecule has 0 aliphatic heterocycles. The Morgan fingerprint density at radius 2 is 1.52 bits per heavy atom. The number of rotatable bonds is 7. The van der Waals surface area contributed by atoms with Crippen molar-refractivity contribution in [1.82, 2.24) is 9.97 Å². The minimum absolute atomic E-state index is 0.0571. The smallest absolute Gasteiger partial charge is 0.320 e. The Labute approximate surface area is 238 Å². The third-order valence-corrected chi connectivity index (χ3v) is 12.1. The molecule has 204 valence electrons. The highest BCUT2D eigenvalue weighted by Crippen LogP contribution is 2.41. The summed E-state index contributed by atoms with van der Waals surface area (Å²) in [5, 5.41) is 15.8. The number of hydrogen-bond acceptors (Lipinski definition) is 6.